The van der Waals surface area contributed by atoms with Crippen LogP contribution in [0.2, 0.25) is 0 Å². The first-order chi connectivity index (χ1) is 19.3. The fourth-order valence-electron chi connectivity index (χ4n) is 5.99. The maximum Gasteiger partial charge on any atom is 0.416 e. The lowest BCUT2D eigenvalue weighted by Crippen LogP contribution is -2.56. The number of piperazine rings is 1. The number of hydrogen-bond donors (Lipinski definition) is 1. The van der Waals surface area contributed by atoms with Gasteiger partial charge in [-0.3, -0.25) is 14.6 Å². The molecule has 2 fully saturated rings. The lowest BCUT2D eigenvalue weighted by Gasteiger charge is -2.47. The summed E-state index contributed by atoms with van der Waals surface area (Å²) in [4.78, 5) is 19.7. The number of halogens is 3. The van der Waals surface area contributed by atoms with Gasteiger partial charge in [0.2, 0.25) is 5.91 Å². The Hall–Kier alpha value is -2.62. The molecule has 0 aromatic heterocycles. The molecule has 1 amide bonds. The van der Waals surface area contributed by atoms with Crippen LogP contribution in [0.15, 0.2) is 54.6 Å². The van der Waals surface area contributed by atoms with E-state index in [0.717, 1.165) is 58.1 Å². The summed E-state index contributed by atoms with van der Waals surface area (Å²) in [6.07, 6.45) is -1.18. The molecule has 9 heteroatoms. The van der Waals surface area contributed by atoms with Crippen LogP contribution >= 0.6 is 0 Å². The van der Waals surface area contributed by atoms with Crippen molar-refractivity contribution in [1.29, 1.82) is 0 Å². The molecule has 0 bridgehead atoms. The molecule has 220 valence electrons. The minimum absolute atomic E-state index is 0.0878. The summed E-state index contributed by atoms with van der Waals surface area (Å²) >= 11 is 0. The molecular formula is C31H43F3N4O2. The van der Waals surface area contributed by atoms with Gasteiger partial charge in [-0.05, 0) is 62.4 Å². The van der Waals surface area contributed by atoms with E-state index in [1.807, 2.05) is 13.0 Å². The van der Waals surface area contributed by atoms with Crippen LogP contribution < -0.4 is 10.2 Å². The third-order valence-corrected chi connectivity index (χ3v) is 8.08. The van der Waals surface area contributed by atoms with Crippen molar-refractivity contribution in [1.82, 2.24) is 15.1 Å². The Kier molecular flexibility index (Phi) is 11.3. The molecule has 2 heterocycles. The Labute approximate surface area is 236 Å². The quantitative estimate of drug-likeness (QED) is 0.369. The molecule has 0 aliphatic carbocycles. The number of piperidine rings is 1. The number of anilines is 1. The summed E-state index contributed by atoms with van der Waals surface area (Å²) in [5, 5.41) is 3.03. The average molecular weight is 561 g/mol. The van der Waals surface area contributed by atoms with Crippen LogP contribution in [0.1, 0.15) is 43.7 Å². The summed E-state index contributed by atoms with van der Waals surface area (Å²) in [6, 6.07) is 16.5. The Balaban J connectivity index is 1.34. The average Bonchev–Trinajstić information content (AvgIpc) is 2.96. The number of carbonyl (C=O) groups is 1. The van der Waals surface area contributed by atoms with Crippen LogP contribution in [-0.4, -0.2) is 80.8 Å². The van der Waals surface area contributed by atoms with E-state index in [1.54, 1.807) is 6.07 Å². The number of ether oxygens (including phenoxy) is 1. The molecule has 2 aliphatic rings. The fourth-order valence-corrected chi connectivity index (χ4v) is 5.99. The van der Waals surface area contributed by atoms with E-state index in [9.17, 15) is 18.0 Å². The maximum absolute atomic E-state index is 13.2. The van der Waals surface area contributed by atoms with Crippen molar-refractivity contribution in [2.24, 2.45) is 5.92 Å². The van der Waals surface area contributed by atoms with Gasteiger partial charge in [-0.25, -0.2) is 0 Å². The minimum Gasteiger partial charge on any atom is -0.382 e. The van der Waals surface area contributed by atoms with Crippen molar-refractivity contribution in [2.75, 3.05) is 63.9 Å². The number of carbonyl (C=O) groups excluding carboxylic acids is 1. The molecule has 2 aromatic rings. The van der Waals surface area contributed by atoms with Crippen LogP contribution in [0.5, 0.6) is 0 Å². The molecule has 40 heavy (non-hydrogen) atoms. The van der Waals surface area contributed by atoms with E-state index < -0.39 is 11.7 Å². The first-order valence-corrected chi connectivity index (χ1v) is 14.6. The van der Waals surface area contributed by atoms with Gasteiger partial charge >= 0.3 is 6.18 Å². The van der Waals surface area contributed by atoms with Crippen molar-refractivity contribution in [3.05, 3.63) is 65.7 Å². The monoisotopic (exact) mass is 560 g/mol. The number of amides is 1. The molecule has 2 aliphatic heterocycles. The van der Waals surface area contributed by atoms with Crippen molar-refractivity contribution < 1.29 is 22.7 Å². The van der Waals surface area contributed by atoms with Crippen LogP contribution in [0.25, 0.3) is 0 Å². The van der Waals surface area contributed by atoms with Gasteiger partial charge in [-0.1, -0.05) is 36.4 Å². The highest BCUT2D eigenvalue weighted by Gasteiger charge is 2.35. The number of hydrogen-bond acceptors (Lipinski definition) is 5. The lowest BCUT2D eigenvalue weighted by molar-refractivity contribution is -0.137. The molecule has 0 radical (unpaired) electrons. The summed E-state index contributed by atoms with van der Waals surface area (Å²) in [6.45, 7) is 9.76. The van der Waals surface area contributed by atoms with Gasteiger partial charge in [0.05, 0.1) is 5.56 Å². The molecular weight excluding hydrogens is 517 g/mol. The predicted octanol–water partition coefficient (Wildman–Crippen LogP) is 5.04. The van der Waals surface area contributed by atoms with E-state index >= 15 is 0 Å². The highest BCUT2D eigenvalue weighted by molar-refractivity contribution is 5.75. The van der Waals surface area contributed by atoms with Crippen LogP contribution in [0.3, 0.4) is 0 Å². The molecule has 2 saturated heterocycles. The first-order valence-electron chi connectivity index (χ1n) is 14.6. The molecule has 4 rings (SSSR count). The van der Waals surface area contributed by atoms with Gasteiger partial charge < -0.3 is 15.0 Å². The number of alkyl halides is 3. The van der Waals surface area contributed by atoms with Crippen molar-refractivity contribution in [3.63, 3.8) is 0 Å². The Morgan fingerprint density at radius 3 is 2.52 bits per heavy atom. The zero-order valence-electron chi connectivity index (χ0n) is 23.5. The van der Waals surface area contributed by atoms with Crippen LogP contribution in [0.4, 0.5) is 18.9 Å². The minimum atomic E-state index is -4.34. The fraction of sp³-hybridized carbons (Fsp3) is 0.581. The molecule has 0 unspecified atom stereocenters. The van der Waals surface area contributed by atoms with Gasteiger partial charge in [0, 0.05) is 77.2 Å². The normalized spacial score (nSPS) is 20.9. The lowest BCUT2D eigenvalue weighted by atomic mass is 9.86. The molecule has 2 aromatic carbocycles. The topological polar surface area (TPSA) is 48.1 Å². The third kappa shape index (κ3) is 8.94. The van der Waals surface area contributed by atoms with Crippen molar-refractivity contribution in [2.45, 2.75) is 51.4 Å². The van der Waals surface area contributed by atoms with Crippen LogP contribution in [0, 0.1) is 5.92 Å². The number of likely N-dealkylation sites (tertiary alicyclic amines) is 1. The van der Waals surface area contributed by atoms with Crippen molar-refractivity contribution >= 4 is 11.6 Å². The Bertz CT molecular complexity index is 1040. The van der Waals surface area contributed by atoms with Gasteiger partial charge in [-0.2, -0.15) is 13.2 Å². The summed E-state index contributed by atoms with van der Waals surface area (Å²) in [7, 11) is 0. The van der Waals surface area contributed by atoms with Crippen molar-refractivity contribution in [3.8, 4) is 0 Å². The van der Waals surface area contributed by atoms with E-state index in [-0.39, 0.29) is 5.91 Å². The van der Waals surface area contributed by atoms with E-state index in [1.165, 1.54) is 17.7 Å². The molecule has 0 spiro atoms. The number of nitrogens with zero attached hydrogens (tertiary/aromatic N) is 3. The van der Waals surface area contributed by atoms with Gasteiger partial charge in [0.1, 0.15) is 0 Å². The molecule has 2 atom stereocenters. The van der Waals surface area contributed by atoms with E-state index in [4.69, 9.17) is 4.74 Å². The maximum atomic E-state index is 13.2. The highest BCUT2D eigenvalue weighted by Crippen LogP contribution is 2.33. The summed E-state index contributed by atoms with van der Waals surface area (Å²) in [5.41, 5.74) is 1.32. The SMILES string of the molecule is CCOCCCNC(=O)CC[C@@H]1CN(Cc2ccccc2)CC[C@@H]1N1CCN(c2cccc(C(F)(F)F)c2)CC1. The molecule has 6 nitrogen and oxygen atoms in total. The summed E-state index contributed by atoms with van der Waals surface area (Å²) in [5.74, 6) is 0.441. The first kappa shape index (κ1) is 30.3. The van der Waals surface area contributed by atoms with Gasteiger partial charge in [-0.15, -0.1) is 0 Å². The van der Waals surface area contributed by atoms with Crippen LogP contribution in [-0.2, 0) is 22.3 Å². The van der Waals surface area contributed by atoms with Gasteiger partial charge in [0.15, 0.2) is 0 Å². The Morgan fingerprint density at radius 1 is 1.02 bits per heavy atom. The highest BCUT2D eigenvalue weighted by atomic mass is 19.4. The molecule has 0 saturated carbocycles. The number of benzene rings is 2. The number of rotatable bonds is 12. The zero-order valence-corrected chi connectivity index (χ0v) is 23.5. The predicted molar refractivity (Wildman–Crippen MR) is 152 cm³/mol. The molecule has 1 N–H and O–H groups in total. The second kappa shape index (κ2) is 14.8. The Morgan fingerprint density at radius 2 is 1.80 bits per heavy atom. The third-order valence-electron chi connectivity index (χ3n) is 8.08. The second-order valence-electron chi connectivity index (χ2n) is 10.8. The smallest absolute Gasteiger partial charge is 0.382 e. The van der Waals surface area contributed by atoms with E-state index in [2.05, 4.69) is 44.3 Å². The van der Waals surface area contributed by atoms with E-state index in [0.29, 0.717) is 56.9 Å². The number of nitrogens with one attached hydrogen (secondary N) is 1. The second-order valence-corrected chi connectivity index (χ2v) is 10.8. The largest absolute Gasteiger partial charge is 0.416 e. The standard InChI is InChI=1S/C31H43F3N4O2/c1-2-40-21-7-15-35-30(39)13-12-26-24-36(23-25-8-4-3-5-9-25)16-14-29(26)38-19-17-37(18-20-38)28-11-6-10-27(22-28)31(32,33)34/h3-6,8-11,22,26,29H,2,7,12-21,23-24H2,1H3,(H,35,39)/t26-,29+/m1/s1. The summed E-state index contributed by atoms with van der Waals surface area (Å²) < 4.78 is 45.1. The van der Waals surface area contributed by atoms with Gasteiger partial charge in [0.25, 0.3) is 0 Å². The zero-order chi connectivity index (χ0) is 28.4.